The van der Waals surface area contributed by atoms with Gasteiger partial charge < -0.3 is 19.1 Å². The van der Waals surface area contributed by atoms with Gasteiger partial charge in [-0.2, -0.15) is 0 Å². The lowest BCUT2D eigenvalue weighted by molar-refractivity contribution is 0.0697. The van der Waals surface area contributed by atoms with Crippen LogP contribution in [0.15, 0.2) is 72.8 Å². The van der Waals surface area contributed by atoms with Gasteiger partial charge >= 0.3 is 5.97 Å². The van der Waals surface area contributed by atoms with Crippen LogP contribution in [-0.4, -0.2) is 38.8 Å². The zero-order chi connectivity index (χ0) is 31.9. The summed E-state index contributed by atoms with van der Waals surface area (Å²) in [6.07, 6.45) is -2.62. The standard InChI is InChI=1S/C34H29F4N3O4/c1-34(2)18-44-17-29(34)41-28-13-21(33(42)43)10-11-27(28)39-30(41)14-22-12-25(36)23(15-24(22)35)26-4-3-5-31(40-26)45-16-19-6-8-20(9-7-19)32(37)38/h3-13,15,29,32H,14,16-18H2,1-2H3,(H,42,43)/t29-/m1/s1. The lowest BCUT2D eigenvalue weighted by atomic mass is 9.87. The summed E-state index contributed by atoms with van der Waals surface area (Å²) in [6, 6.07) is 17.0. The van der Waals surface area contributed by atoms with Crippen LogP contribution in [0.4, 0.5) is 17.6 Å². The maximum absolute atomic E-state index is 15.6. The molecule has 0 spiro atoms. The summed E-state index contributed by atoms with van der Waals surface area (Å²) in [5.41, 5.74) is 1.61. The van der Waals surface area contributed by atoms with Crippen molar-refractivity contribution in [2.24, 2.45) is 5.41 Å². The fourth-order valence-electron chi connectivity index (χ4n) is 5.58. The quantitative estimate of drug-likeness (QED) is 0.170. The zero-order valence-corrected chi connectivity index (χ0v) is 24.4. The number of carbonyl (C=O) groups is 1. The minimum Gasteiger partial charge on any atom is -0.478 e. The Balaban J connectivity index is 1.28. The molecule has 3 aromatic carbocycles. The van der Waals surface area contributed by atoms with Crippen LogP contribution in [0.2, 0.25) is 0 Å². The van der Waals surface area contributed by atoms with Gasteiger partial charge in [0.2, 0.25) is 5.88 Å². The smallest absolute Gasteiger partial charge is 0.335 e. The Labute approximate surface area is 256 Å². The van der Waals surface area contributed by atoms with Gasteiger partial charge in [0.25, 0.3) is 6.43 Å². The highest BCUT2D eigenvalue weighted by molar-refractivity contribution is 5.92. The van der Waals surface area contributed by atoms with E-state index < -0.39 is 24.0 Å². The van der Waals surface area contributed by atoms with Gasteiger partial charge in [-0.3, -0.25) is 0 Å². The van der Waals surface area contributed by atoms with Crippen LogP contribution in [0.1, 0.15) is 59.2 Å². The van der Waals surface area contributed by atoms with E-state index >= 15 is 8.78 Å². The first-order chi connectivity index (χ1) is 21.5. The fourth-order valence-corrected chi connectivity index (χ4v) is 5.58. The van der Waals surface area contributed by atoms with E-state index in [1.54, 1.807) is 24.3 Å². The van der Waals surface area contributed by atoms with Crippen LogP contribution in [0.3, 0.4) is 0 Å². The van der Waals surface area contributed by atoms with Crippen molar-refractivity contribution in [3.63, 3.8) is 0 Å². The van der Waals surface area contributed by atoms with Crippen molar-refractivity contribution < 1.29 is 36.9 Å². The van der Waals surface area contributed by atoms with E-state index in [0.717, 1.165) is 12.1 Å². The lowest BCUT2D eigenvalue weighted by Crippen LogP contribution is -2.27. The normalized spacial score (nSPS) is 16.0. The Hall–Kier alpha value is -4.77. The molecule has 2 aromatic heterocycles. The van der Waals surface area contributed by atoms with Crippen molar-refractivity contribution >= 4 is 17.0 Å². The number of pyridine rings is 1. The van der Waals surface area contributed by atoms with Crippen LogP contribution >= 0.6 is 0 Å². The number of hydrogen-bond donors (Lipinski definition) is 1. The number of imidazole rings is 1. The minimum atomic E-state index is -2.57. The van der Waals surface area contributed by atoms with Crippen LogP contribution in [0.5, 0.6) is 5.88 Å². The summed E-state index contributed by atoms with van der Waals surface area (Å²) in [6.45, 7) is 4.96. The Bertz CT molecular complexity index is 1890. The van der Waals surface area contributed by atoms with Gasteiger partial charge in [-0.1, -0.05) is 44.2 Å². The molecule has 0 unspecified atom stereocenters. The summed E-state index contributed by atoms with van der Waals surface area (Å²) in [7, 11) is 0. The van der Waals surface area contributed by atoms with Gasteiger partial charge in [-0.25, -0.2) is 32.3 Å². The molecule has 5 aromatic rings. The van der Waals surface area contributed by atoms with E-state index in [-0.39, 0.29) is 58.3 Å². The molecule has 11 heteroatoms. The van der Waals surface area contributed by atoms with Gasteiger partial charge in [-0.05, 0) is 47.5 Å². The number of nitrogens with zero attached hydrogens (tertiary/aromatic N) is 3. The van der Waals surface area contributed by atoms with E-state index in [0.29, 0.717) is 35.6 Å². The molecule has 1 N–H and O–H groups in total. The number of hydrogen-bond acceptors (Lipinski definition) is 5. The zero-order valence-electron chi connectivity index (χ0n) is 24.4. The second-order valence-corrected chi connectivity index (χ2v) is 11.7. The van der Waals surface area contributed by atoms with Crippen molar-refractivity contribution in [1.29, 1.82) is 0 Å². The fraction of sp³-hybridized carbons (Fsp3) is 0.265. The molecule has 0 radical (unpaired) electrons. The summed E-state index contributed by atoms with van der Waals surface area (Å²) in [5.74, 6) is -1.82. The van der Waals surface area contributed by atoms with E-state index in [4.69, 9.17) is 14.5 Å². The Kier molecular flexibility index (Phi) is 8.05. The van der Waals surface area contributed by atoms with Gasteiger partial charge in [-0.15, -0.1) is 0 Å². The SMILES string of the molecule is CC1(C)COC[C@H]1n1c(Cc2cc(F)c(-c3cccc(OCc4ccc(C(F)F)cc4)n3)cc2F)nc2ccc(C(=O)O)cc21. The van der Waals surface area contributed by atoms with Crippen LogP contribution in [-0.2, 0) is 17.8 Å². The number of halogens is 4. The average Bonchev–Trinajstić information content (AvgIpc) is 3.54. The van der Waals surface area contributed by atoms with Gasteiger partial charge in [0.05, 0.1) is 41.5 Å². The van der Waals surface area contributed by atoms with E-state index in [1.165, 1.54) is 36.4 Å². The largest absolute Gasteiger partial charge is 0.478 e. The highest BCUT2D eigenvalue weighted by atomic mass is 19.3. The van der Waals surface area contributed by atoms with Crippen molar-refractivity contribution in [3.05, 3.63) is 113 Å². The molecule has 3 heterocycles. The molecule has 1 fully saturated rings. The number of fused-ring (bicyclic) bond motifs is 1. The van der Waals surface area contributed by atoms with Crippen molar-refractivity contribution in [1.82, 2.24) is 14.5 Å². The minimum absolute atomic E-state index is 0.0480. The maximum Gasteiger partial charge on any atom is 0.335 e. The monoisotopic (exact) mass is 619 g/mol. The average molecular weight is 620 g/mol. The Morgan fingerprint density at radius 2 is 1.82 bits per heavy atom. The molecule has 6 rings (SSSR count). The van der Waals surface area contributed by atoms with Crippen molar-refractivity contribution in [3.8, 4) is 17.1 Å². The molecule has 1 aliphatic heterocycles. The molecule has 7 nitrogen and oxygen atoms in total. The topological polar surface area (TPSA) is 86.5 Å². The molecule has 232 valence electrons. The number of carboxylic acid groups (broad SMARTS) is 1. The molecule has 0 amide bonds. The third kappa shape index (κ3) is 6.12. The number of aromatic carboxylic acids is 1. The summed E-state index contributed by atoms with van der Waals surface area (Å²) >= 11 is 0. The molecule has 0 saturated carbocycles. The van der Waals surface area contributed by atoms with Crippen molar-refractivity contribution in [2.45, 2.75) is 39.3 Å². The first-order valence-electron chi connectivity index (χ1n) is 14.3. The van der Waals surface area contributed by atoms with E-state index in [2.05, 4.69) is 4.98 Å². The third-order valence-electron chi connectivity index (χ3n) is 8.08. The molecule has 1 atom stereocenters. The Morgan fingerprint density at radius 1 is 1.04 bits per heavy atom. The molecule has 1 aliphatic rings. The van der Waals surface area contributed by atoms with Gasteiger partial charge in [0.15, 0.2) is 0 Å². The first kappa shape index (κ1) is 30.3. The highest BCUT2D eigenvalue weighted by Crippen LogP contribution is 2.40. The summed E-state index contributed by atoms with van der Waals surface area (Å²) in [5, 5.41) is 9.58. The molecule has 0 bridgehead atoms. The van der Waals surface area contributed by atoms with E-state index in [1.807, 2.05) is 18.4 Å². The Morgan fingerprint density at radius 3 is 2.51 bits per heavy atom. The molecule has 45 heavy (non-hydrogen) atoms. The number of carboxylic acids is 1. The molecule has 1 saturated heterocycles. The highest BCUT2D eigenvalue weighted by Gasteiger charge is 2.39. The molecular weight excluding hydrogens is 590 g/mol. The van der Waals surface area contributed by atoms with Crippen LogP contribution < -0.4 is 4.74 Å². The predicted molar refractivity (Wildman–Crippen MR) is 158 cm³/mol. The predicted octanol–water partition coefficient (Wildman–Crippen LogP) is 7.78. The number of benzene rings is 3. The maximum atomic E-state index is 15.6. The molecular formula is C34H29F4N3O4. The molecule has 0 aliphatic carbocycles. The second-order valence-electron chi connectivity index (χ2n) is 11.7. The number of aromatic nitrogens is 3. The lowest BCUT2D eigenvalue weighted by Gasteiger charge is -2.28. The van der Waals surface area contributed by atoms with Crippen LogP contribution in [0.25, 0.3) is 22.3 Å². The van der Waals surface area contributed by atoms with Crippen LogP contribution in [0, 0.1) is 17.0 Å². The number of ether oxygens (including phenoxy) is 2. The van der Waals surface area contributed by atoms with Crippen molar-refractivity contribution in [2.75, 3.05) is 13.2 Å². The van der Waals surface area contributed by atoms with E-state index in [9.17, 15) is 18.7 Å². The van der Waals surface area contributed by atoms with Gasteiger partial charge in [0, 0.05) is 29.0 Å². The summed E-state index contributed by atoms with van der Waals surface area (Å²) < 4.78 is 70.1. The third-order valence-corrected chi connectivity index (χ3v) is 8.08. The van der Waals surface area contributed by atoms with Gasteiger partial charge in [0.1, 0.15) is 24.1 Å². The number of alkyl halides is 2. The first-order valence-corrected chi connectivity index (χ1v) is 14.3. The second kappa shape index (κ2) is 12.0. The number of rotatable bonds is 9. The summed E-state index contributed by atoms with van der Waals surface area (Å²) in [4.78, 5) is 20.7.